The second kappa shape index (κ2) is 7.59. The largest absolute Gasteiger partial charge is 0.432 e. The van der Waals surface area contributed by atoms with E-state index in [0.29, 0.717) is 0 Å². The lowest BCUT2D eigenvalue weighted by atomic mass is 10.2. The smallest absolute Gasteiger partial charge is 0.430 e. The fourth-order valence-corrected chi connectivity index (χ4v) is 2.65. The van der Waals surface area contributed by atoms with Gasteiger partial charge in [0, 0.05) is 11.3 Å². The summed E-state index contributed by atoms with van der Waals surface area (Å²) < 4.78 is 2.21. The van der Waals surface area contributed by atoms with Crippen molar-refractivity contribution in [3.05, 3.63) is 84.9 Å². The van der Waals surface area contributed by atoms with E-state index in [-0.39, 0.29) is 0 Å². The van der Waals surface area contributed by atoms with E-state index in [1.165, 1.54) is 0 Å². The summed E-state index contributed by atoms with van der Waals surface area (Å²) in [5.74, 6) is 0.975. The topological polar surface area (TPSA) is 58.3 Å². The van der Waals surface area contributed by atoms with Crippen LogP contribution in [0.15, 0.2) is 84.9 Å². The second-order valence-corrected chi connectivity index (χ2v) is 5.10. The number of fused-ring (bicyclic) bond motifs is 1. The molecule has 0 fully saturated rings. The van der Waals surface area contributed by atoms with E-state index in [1.807, 2.05) is 30.3 Å². The van der Waals surface area contributed by atoms with E-state index in [2.05, 4.69) is 59.2 Å². The Morgan fingerprint density at radius 3 is 1.92 bits per heavy atom. The first-order chi connectivity index (χ1) is 11.8. The zero-order valence-corrected chi connectivity index (χ0v) is 13.1. The van der Waals surface area contributed by atoms with Crippen molar-refractivity contribution in [1.82, 2.24) is 9.55 Å². The first-order valence-corrected chi connectivity index (χ1v) is 7.65. The maximum absolute atomic E-state index is 7.12. The predicted octanol–water partition coefficient (Wildman–Crippen LogP) is 2.93. The average molecular weight is 316 g/mol. The van der Waals surface area contributed by atoms with Crippen LogP contribution in [0.25, 0.3) is 28.1 Å². The molecule has 0 aliphatic rings. The Kier molecular flexibility index (Phi) is 5.06. The fourth-order valence-electron chi connectivity index (χ4n) is 2.65. The third kappa shape index (κ3) is 3.22. The van der Waals surface area contributed by atoms with Gasteiger partial charge in [0.25, 0.3) is 0 Å². The Labute approximate surface area is 141 Å². The van der Waals surface area contributed by atoms with Crippen LogP contribution in [0.4, 0.5) is 0 Å². The molecule has 24 heavy (non-hydrogen) atoms. The first-order valence-electron chi connectivity index (χ1n) is 7.65. The Balaban J connectivity index is 0.000000526. The molecule has 5 heteroatoms. The predicted molar refractivity (Wildman–Crippen MR) is 98.1 cm³/mol. The monoisotopic (exact) mass is 316 g/mol. The van der Waals surface area contributed by atoms with Crippen molar-refractivity contribution in [2.75, 3.05) is 0 Å². The molecule has 0 aliphatic heterocycles. The highest BCUT2D eigenvalue weighted by atomic mass is 16.4. The fraction of sp³-hybridized carbons (Fsp3) is 0. The van der Waals surface area contributed by atoms with Crippen molar-refractivity contribution in [3.63, 3.8) is 0 Å². The van der Waals surface area contributed by atoms with E-state index in [4.69, 9.17) is 15.0 Å². The number of hydrogen-bond acceptors (Lipinski definition) is 3. The molecule has 1 aromatic heterocycles. The van der Waals surface area contributed by atoms with Gasteiger partial charge in [0.15, 0.2) is 0 Å². The van der Waals surface area contributed by atoms with Crippen molar-refractivity contribution in [3.8, 4) is 17.1 Å². The minimum atomic E-state index is -0.750. The summed E-state index contributed by atoms with van der Waals surface area (Å²) >= 11 is 0. The molecule has 0 atom stereocenters. The van der Waals surface area contributed by atoms with Crippen LogP contribution in [0.2, 0.25) is 0 Å². The standard InChI is InChI=1S/C19H14N2.BH3O2/c1-3-9-15(10-4-1)19-20-17-13-7-8-14-18(17)21(19)16-11-5-2-6-12-16;2-1-3/h1-14H;1-3H. The zero-order valence-electron chi connectivity index (χ0n) is 13.1. The quantitative estimate of drug-likeness (QED) is 0.559. The molecule has 0 aliphatic carbocycles. The summed E-state index contributed by atoms with van der Waals surface area (Å²) in [5, 5.41) is 14.2. The van der Waals surface area contributed by atoms with Gasteiger partial charge in [-0.1, -0.05) is 60.7 Å². The summed E-state index contributed by atoms with van der Waals surface area (Å²) in [6, 6.07) is 28.9. The molecule has 0 amide bonds. The maximum atomic E-state index is 7.12. The summed E-state index contributed by atoms with van der Waals surface area (Å²) in [5.41, 5.74) is 4.39. The molecule has 0 saturated heterocycles. The van der Waals surface area contributed by atoms with Crippen molar-refractivity contribution >= 4 is 18.7 Å². The summed E-state index contributed by atoms with van der Waals surface area (Å²) in [4.78, 5) is 4.82. The Hall–Kier alpha value is -2.89. The minimum Gasteiger partial charge on any atom is -0.430 e. The van der Waals surface area contributed by atoms with Gasteiger partial charge in [-0.05, 0) is 24.3 Å². The van der Waals surface area contributed by atoms with E-state index in [0.717, 1.165) is 28.1 Å². The van der Waals surface area contributed by atoms with E-state index < -0.39 is 7.69 Å². The molecule has 4 aromatic rings. The summed E-state index contributed by atoms with van der Waals surface area (Å²) in [6.45, 7) is 0. The number of benzene rings is 3. The van der Waals surface area contributed by atoms with E-state index in [9.17, 15) is 0 Å². The van der Waals surface area contributed by atoms with Crippen LogP contribution in [-0.2, 0) is 0 Å². The van der Waals surface area contributed by atoms with E-state index in [1.54, 1.807) is 0 Å². The summed E-state index contributed by atoms with van der Waals surface area (Å²) in [7, 11) is -0.750. The Bertz CT molecular complexity index is 908. The zero-order chi connectivity index (χ0) is 16.8. The van der Waals surface area contributed by atoms with Gasteiger partial charge in [-0.3, -0.25) is 4.57 Å². The van der Waals surface area contributed by atoms with Gasteiger partial charge in [-0.2, -0.15) is 0 Å². The molecule has 0 radical (unpaired) electrons. The van der Waals surface area contributed by atoms with Gasteiger partial charge in [0.2, 0.25) is 0 Å². The van der Waals surface area contributed by atoms with Crippen LogP contribution >= 0.6 is 0 Å². The summed E-state index contributed by atoms with van der Waals surface area (Å²) in [6.07, 6.45) is 0. The highest BCUT2D eigenvalue weighted by molar-refractivity contribution is 6.13. The molecule has 118 valence electrons. The van der Waals surface area contributed by atoms with Crippen LogP contribution in [-0.4, -0.2) is 27.3 Å². The van der Waals surface area contributed by atoms with Crippen molar-refractivity contribution in [1.29, 1.82) is 0 Å². The van der Waals surface area contributed by atoms with E-state index >= 15 is 0 Å². The normalized spacial score (nSPS) is 10.1. The van der Waals surface area contributed by atoms with Crippen molar-refractivity contribution in [2.45, 2.75) is 0 Å². The number of rotatable bonds is 2. The first kappa shape index (κ1) is 16.0. The minimum absolute atomic E-state index is 0.750. The molecule has 0 unspecified atom stereocenters. The van der Waals surface area contributed by atoms with Gasteiger partial charge in [0.1, 0.15) is 5.82 Å². The maximum Gasteiger partial charge on any atom is 0.432 e. The lowest BCUT2D eigenvalue weighted by Gasteiger charge is -2.09. The lowest BCUT2D eigenvalue weighted by molar-refractivity contribution is 0.448. The van der Waals surface area contributed by atoms with Gasteiger partial charge in [-0.15, -0.1) is 0 Å². The van der Waals surface area contributed by atoms with Crippen LogP contribution < -0.4 is 0 Å². The molecule has 0 saturated carbocycles. The number of aromatic nitrogens is 2. The highest BCUT2D eigenvalue weighted by Gasteiger charge is 2.13. The van der Waals surface area contributed by atoms with Crippen molar-refractivity contribution < 1.29 is 10.0 Å². The molecular weight excluding hydrogens is 299 g/mol. The van der Waals surface area contributed by atoms with Crippen molar-refractivity contribution in [2.24, 2.45) is 0 Å². The second-order valence-electron chi connectivity index (χ2n) is 5.10. The highest BCUT2D eigenvalue weighted by Crippen LogP contribution is 2.28. The Morgan fingerprint density at radius 1 is 0.708 bits per heavy atom. The molecule has 4 rings (SSSR count). The van der Waals surface area contributed by atoms with Gasteiger partial charge in [-0.25, -0.2) is 4.98 Å². The SMILES string of the molecule is OBO.c1ccc(-c2nc3ccccc3n2-c2ccccc2)cc1. The molecule has 4 nitrogen and oxygen atoms in total. The van der Waals surface area contributed by atoms with Crippen LogP contribution in [0, 0.1) is 0 Å². The number of hydrogen-bond donors (Lipinski definition) is 2. The molecule has 0 spiro atoms. The number of para-hydroxylation sites is 3. The lowest BCUT2D eigenvalue weighted by Crippen LogP contribution is -1.96. The average Bonchev–Trinajstić information content (AvgIpc) is 3.03. The molecule has 1 heterocycles. The number of imidazole rings is 1. The third-order valence-electron chi connectivity index (χ3n) is 3.61. The van der Waals surface area contributed by atoms with Gasteiger partial charge in [0.05, 0.1) is 11.0 Å². The third-order valence-corrected chi connectivity index (χ3v) is 3.61. The molecule has 2 N–H and O–H groups in total. The van der Waals surface area contributed by atoms with Crippen LogP contribution in [0.3, 0.4) is 0 Å². The van der Waals surface area contributed by atoms with Gasteiger partial charge < -0.3 is 10.0 Å². The Morgan fingerprint density at radius 2 is 1.25 bits per heavy atom. The van der Waals surface area contributed by atoms with Crippen LogP contribution in [0.1, 0.15) is 0 Å². The van der Waals surface area contributed by atoms with Gasteiger partial charge >= 0.3 is 7.69 Å². The van der Waals surface area contributed by atoms with Crippen LogP contribution in [0.5, 0.6) is 0 Å². The molecule has 0 bridgehead atoms. The molecular formula is C19H17BN2O2. The molecule has 3 aromatic carbocycles. The number of nitrogens with zero attached hydrogens (tertiary/aromatic N) is 2.